The van der Waals surface area contributed by atoms with Gasteiger partial charge in [-0.25, -0.2) is 0 Å². The van der Waals surface area contributed by atoms with Gasteiger partial charge in [0.05, 0.1) is 24.8 Å². The minimum Gasteiger partial charge on any atom is -0.494 e. The van der Waals surface area contributed by atoms with Crippen molar-refractivity contribution in [1.29, 1.82) is 0 Å². The fourth-order valence-corrected chi connectivity index (χ4v) is 8.88. The van der Waals surface area contributed by atoms with E-state index in [0.717, 1.165) is 91.3 Å². The normalized spacial score (nSPS) is 17.4. The van der Waals surface area contributed by atoms with Gasteiger partial charge in [0, 0.05) is 92.9 Å². The number of rotatable bonds is 23. The molecule has 0 spiro atoms. The van der Waals surface area contributed by atoms with Crippen LogP contribution in [0.1, 0.15) is 102 Å². The number of unbranched alkanes of at least 4 members (excludes halogenated alkanes) is 2. The summed E-state index contributed by atoms with van der Waals surface area (Å²) >= 11 is 0. The second-order valence-electron chi connectivity index (χ2n) is 17.8. The second-order valence-corrected chi connectivity index (χ2v) is 17.8. The summed E-state index contributed by atoms with van der Waals surface area (Å²) < 4.78 is 17.7. The minimum absolute atomic E-state index is 0.163. The topological polar surface area (TPSA) is 205 Å². The molecule has 3 aliphatic heterocycles. The highest BCUT2D eigenvalue weighted by atomic mass is 16.5. The van der Waals surface area contributed by atoms with E-state index >= 15 is 0 Å². The average molecular weight is 927 g/mol. The van der Waals surface area contributed by atoms with Crippen molar-refractivity contribution in [2.24, 2.45) is 0 Å². The number of fused-ring (bicyclic) bond motifs is 1. The van der Waals surface area contributed by atoms with Gasteiger partial charge in [0.15, 0.2) is 11.6 Å². The molecule has 17 heteroatoms. The molecular formula is C51H62N10O7. The lowest BCUT2D eigenvalue weighted by molar-refractivity contribution is -0.136. The first-order valence-corrected chi connectivity index (χ1v) is 23.7. The van der Waals surface area contributed by atoms with Crippen molar-refractivity contribution in [2.75, 3.05) is 70.3 Å². The Labute approximate surface area is 397 Å². The number of nitrogens with one attached hydrogen (secondary N) is 5. The molecule has 2 aromatic heterocycles. The fourth-order valence-electron chi connectivity index (χ4n) is 8.88. The summed E-state index contributed by atoms with van der Waals surface area (Å²) in [5, 5.41) is 21.7. The Bertz CT molecular complexity index is 2510. The summed E-state index contributed by atoms with van der Waals surface area (Å²) in [4.78, 5) is 61.8. The summed E-state index contributed by atoms with van der Waals surface area (Å²) in [6, 6.07) is 24.0. The zero-order chi connectivity index (χ0) is 47.3. The van der Waals surface area contributed by atoms with Crippen molar-refractivity contribution >= 4 is 35.0 Å². The molecule has 2 fully saturated rings. The Kier molecular flexibility index (Phi) is 16.1. The van der Waals surface area contributed by atoms with Gasteiger partial charge in [-0.2, -0.15) is 0 Å². The molecule has 1 unspecified atom stereocenters. The molecule has 2 atom stereocenters. The van der Waals surface area contributed by atoms with Gasteiger partial charge < -0.3 is 44.9 Å². The van der Waals surface area contributed by atoms with E-state index < -0.39 is 17.5 Å². The molecule has 0 bridgehead atoms. The largest absolute Gasteiger partial charge is 0.494 e. The van der Waals surface area contributed by atoms with Crippen LogP contribution in [0, 0.1) is 0 Å². The van der Waals surface area contributed by atoms with Crippen molar-refractivity contribution in [3.8, 4) is 17.1 Å². The number of likely N-dealkylation sites (tertiary alicyclic amines) is 1. The number of anilines is 2. The SMILES string of the molecule is C[C@@H](NC(=O)c1cccc(NC2(c3nnc(-c4ccncc4)[nH]3)CCN(C)CC2)c1)c1cccc(OCCCCCOCCCOCCNc2ccc3c(c2)CN(C2CCC(=O)NC2=O)C3=O)c1. The molecule has 3 aromatic carbocycles. The van der Waals surface area contributed by atoms with E-state index in [1.807, 2.05) is 79.7 Å². The molecule has 2 saturated heterocycles. The van der Waals surface area contributed by atoms with E-state index in [9.17, 15) is 19.2 Å². The molecule has 4 amide bonds. The van der Waals surface area contributed by atoms with Gasteiger partial charge in [-0.15, -0.1) is 10.2 Å². The van der Waals surface area contributed by atoms with Gasteiger partial charge in [-0.1, -0.05) is 18.2 Å². The molecule has 5 N–H and O–H groups in total. The fraction of sp³-hybridized carbons (Fsp3) is 0.431. The highest BCUT2D eigenvalue weighted by Gasteiger charge is 2.40. The predicted molar refractivity (Wildman–Crippen MR) is 257 cm³/mol. The van der Waals surface area contributed by atoms with E-state index in [-0.39, 0.29) is 30.2 Å². The minimum atomic E-state index is -0.622. The van der Waals surface area contributed by atoms with E-state index in [0.29, 0.717) is 69.5 Å². The number of aromatic amines is 1. The number of pyridine rings is 1. The monoisotopic (exact) mass is 926 g/mol. The van der Waals surface area contributed by atoms with Crippen molar-refractivity contribution < 1.29 is 33.4 Å². The third-order valence-electron chi connectivity index (χ3n) is 12.8. The van der Waals surface area contributed by atoms with Gasteiger partial charge >= 0.3 is 0 Å². The van der Waals surface area contributed by atoms with E-state index in [1.165, 1.54) is 0 Å². The Morgan fingerprint density at radius 2 is 1.63 bits per heavy atom. The third kappa shape index (κ3) is 12.2. The van der Waals surface area contributed by atoms with E-state index in [1.54, 1.807) is 23.4 Å². The zero-order valence-corrected chi connectivity index (χ0v) is 38.9. The number of aromatic nitrogens is 4. The van der Waals surface area contributed by atoms with Crippen LogP contribution in [0.5, 0.6) is 5.75 Å². The summed E-state index contributed by atoms with van der Waals surface area (Å²) in [5.41, 5.74) is 5.13. The summed E-state index contributed by atoms with van der Waals surface area (Å²) in [6.07, 6.45) is 9.32. The molecular weight excluding hydrogens is 865 g/mol. The van der Waals surface area contributed by atoms with Crippen LogP contribution in [0.3, 0.4) is 0 Å². The van der Waals surface area contributed by atoms with Crippen LogP contribution in [0.15, 0.2) is 91.3 Å². The van der Waals surface area contributed by atoms with E-state index in [2.05, 4.69) is 53.4 Å². The number of benzene rings is 3. The highest BCUT2D eigenvalue weighted by Crippen LogP contribution is 2.36. The first kappa shape index (κ1) is 47.8. The van der Waals surface area contributed by atoms with Crippen LogP contribution >= 0.6 is 0 Å². The maximum atomic E-state index is 13.6. The lowest BCUT2D eigenvalue weighted by atomic mass is 9.86. The highest BCUT2D eigenvalue weighted by molar-refractivity contribution is 6.05. The number of hydrogen-bond donors (Lipinski definition) is 5. The molecule has 5 aromatic rings. The Morgan fingerprint density at radius 3 is 2.46 bits per heavy atom. The van der Waals surface area contributed by atoms with Crippen molar-refractivity contribution in [3.63, 3.8) is 0 Å². The Morgan fingerprint density at radius 1 is 0.853 bits per heavy atom. The number of ether oxygens (including phenoxy) is 3. The lowest BCUT2D eigenvalue weighted by Crippen LogP contribution is -2.52. The van der Waals surface area contributed by atoms with Gasteiger partial charge in [-0.05, 0) is 131 Å². The van der Waals surface area contributed by atoms with Gasteiger partial charge in [0.1, 0.15) is 11.8 Å². The van der Waals surface area contributed by atoms with Crippen LogP contribution < -0.4 is 26.0 Å². The maximum Gasteiger partial charge on any atom is 0.255 e. The number of carbonyl (C=O) groups excluding carboxylic acids is 4. The zero-order valence-electron chi connectivity index (χ0n) is 38.9. The van der Waals surface area contributed by atoms with E-state index in [4.69, 9.17) is 14.2 Å². The molecule has 358 valence electrons. The van der Waals surface area contributed by atoms with Crippen LogP contribution in [0.25, 0.3) is 11.4 Å². The standard InChI is InChI=1S/C51H62N10O7/c1-35(54-47(63)38-10-6-11-41(31-38)57-51(19-24-60(2)25-20-51)50-56-46(58-59-50)36-17-21-52-22-18-36)37-9-7-12-42(33-37)68-29-5-3-4-26-66-27-8-28-67-30-23-53-40-13-14-43-39(32-40)34-61(49(43)65)44-15-16-45(62)55-48(44)64/h6-7,9-14,17-18,21-22,31-33,35,44,53,57H,3-5,8,15-16,19-20,23-30,34H2,1-2H3,(H,54,63)(H,55,62,64)(H,56,58,59)/t35-,44?/m1/s1. The first-order valence-electron chi connectivity index (χ1n) is 23.7. The Hall–Kier alpha value is -6.69. The third-order valence-corrected chi connectivity index (χ3v) is 12.8. The number of amides is 4. The first-order chi connectivity index (χ1) is 33.1. The number of hydrogen-bond acceptors (Lipinski definition) is 13. The molecule has 0 saturated carbocycles. The Balaban J connectivity index is 0.685. The second kappa shape index (κ2) is 22.9. The van der Waals surface area contributed by atoms with Gasteiger partial charge in [-0.3, -0.25) is 29.5 Å². The number of imide groups is 1. The summed E-state index contributed by atoms with van der Waals surface area (Å²) in [5.74, 6) is 1.19. The van der Waals surface area contributed by atoms with Crippen LogP contribution in [0.2, 0.25) is 0 Å². The smallest absolute Gasteiger partial charge is 0.255 e. The molecule has 5 heterocycles. The number of piperidine rings is 2. The quantitative estimate of drug-likeness (QED) is 0.0364. The lowest BCUT2D eigenvalue weighted by Gasteiger charge is -2.40. The van der Waals surface area contributed by atoms with Crippen LogP contribution in [-0.2, 0) is 31.1 Å². The number of H-pyrrole nitrogens is 1. The number of nitrogens with zero attached hydrogens (tertiary/aromatic N) is 5. The predicted octanol–water partition coefficient (Wildman–Crippen LogP) is 6.24. The van der Waals surface area contributed by atoms with Crippen LogP contribution in [0.4, 0.5) is 11.4 Å². The van der Waals surface area contributed by atoms with Crippen molar-refractivity contribution in [1.82, 2.24) is 40.6 Å². The molecule has 17 nitrogen and oxygen atoms in total. The van der Waals surface area contributed by atoms with Gasteiger partial charge in [0.25, 0.3) is 11.8 Å². The summed E-state index contributed by atoms with van der Waals surface area (Å²) in [6.45, 7) is 7.75. The molecule has 8 rings (SSSR count). The van der Waals surface area contributed by atoms with Gasteiger partial charge in [0.2, 0.25) is 11.8 Å². The summed E-state index contributed by atoms with van der Waals surface area (Å²) in [7, 11) is 2.12. The number of carbonyl (C=O) groups is 4. The maximum absolute atomic E-state index is 13.6. The average Bonchev–Trinajstić information content (AvgIpc) is 3.98. The molecule has 3 aliphatic rings. The molecule has 68 heavy (non-hydrogen) atoms. The van der Waals surface area contributed by atoms with Crippen molar-refractivity contribution in [3.05, 3.63) is 119 Å². The molecule has 0 radical (unpaired) electrons. The van der Waals surface area contributed by atoms with Crippen molar-refractivity contribution in [2.45, 2.75) is 82.5 Å². The van der Waals surface area contributed by atoms with Crippen LogP contribution in [-0.4, -0.2) is 119 Å². The molecule has 0 aliphatic carbocycles.